The lowest BCUT2D eigenvalue weighted by atomic mass is 9.76. The SMILES string of the molecule is CCCNCC(C)(O)C1CCOC2(CCOC2)C1. The molecular formula is C14H27NO3. The van der Waals surface area contributed by atoms with E-state index >= 15 is 0 Å². The Bertz CT molecular complexity index is 262. The lowest BCUT2D eigenvalue weighted by molar-refractivity contribution is -0.137. The van der Waals surface area contributed by atoms with Crippen molar-refractivity contribution < 1.29 is 14.6 Å². The summed E-state index contributed by atoms with van der Waals surface area (Å²) in [4.78, 5) is 0. The molecule has 2 saturated heterocycles. The number of hydrogen-bond donors (Lipinski definition) is 2. The maximum atomic E-state index is 10.7. The summed E-state index contributed by atoms with van der Waals surface area (Å²) in [5, 5.41) is 14.0. The van der Waals surface area contributed by atoms with Gasteiger partial charge in [-0.3, -0.25) is 0 Å². The van der Waals surface area contributed by atoms with Crippen LogP contribution in [0.4, 0.5) is 0 Å². The number of rotatable bonds is 5. The van der Waals surface area contributed by atoms with E-state index in [4.69, 9.17) is 9.47 Å². The Kier molecular flexibility index (Phi) is 4.64. The van der Waals surface area contributed by atoms with Crippen LogP contribution in [0.3, 0.4) is 0 Å². The highest BCUT2D eigenvalue weighted by atomic mass is 16.6. The molecule has 2 aliphatic rings. The summed E-state index contributed by atoms with van der Waals surface area (Å²) >= 11 is 0. The van der Waals surface area contributed by atoms with E-state index < -0.39 is 5.60 Å². The number of aliphatic hydroxyl groups is 1. The highest BCUT2D eigenvalue weighted by Gasteiger charge is 2.45. The van der Waals surface area contributed by atoms with Gasteiger partial charge in [-0.1, -0.05) is 6.92 Å². The molecule has 0 aromatic rings. The van der Waals surface area contributed by atoms with Gasteiger partial charge in [0.25, 0.3) is 0 Å². The number of nitrogens with one attached hydrogen (secondary N) is 1. The Morgan fingerprint density at radius 1 is 1.44 bits per heavy atom. The van der Waals surface area contributed by atoms with Gasteiger partial charge in [0.15, 0.2) is 0 Å². The maximum absolute atomic E-state index is 10.7. The third-order valence-corrected chi connectivity index (χ3v) is 4.35. The average molecular weight is 257 g/mol. The van der Waals surface area contributed by atoms with Crippen LogP contribution in [0.15, 0.2) is 0 Å². The first-order chi connectivity index (χ1) is 8.58. The first-order valence-electron chi connectivity index (χ1n) is 7.23. The quantitative estimate of drug-likeness (QED) is 0.729. The molecule has 2 fully saturated rings. The molecule has 2 aliphatic heterocycles. The van der Waals surface area contributed by atoms with Crippen molar-refractivity contribution >= 4 is 0 Å². The van der Waals surface area contributed by atoms with Crippen molar-refractivity contribution in [3.63, 3.8) is 0 Å². The van der Waals surface area contributed by atoms with E-state index in [1.165, 1.54) is 0 Å². The lowest BCUT2D eigenvalue weighted by Gasteiger charge is -2.43. The zero-order valence-corrected chi connectivity index (χ0v) is 11.7. The largest absolute Gasteiger partial charge is 0.389 e. The smallest absolute Gasteiger partial charge is 0.0940 e. The Hall–Kier alpha value is -0.160. The minimum Gasteiger partial charge on any atom is -0.389 e. The standard InChI is InChI=1S/C14H27NO3/c1-3-6-15-10-13(2,16)12-4-7-18-14(9-12)5-8-17-11-14/h12,15-16H,3-11H2,1-2H3. The van der Waals surface area contributed by atoms with Crippen LogP contribution in [0.1, 0.15) is 39.5 Å². The molecule has 0 radical (unpaired) electrons. The third-order valence-electron chi connectivity index (χ3n) is 4.35. The van der Waals surface area contributed by atoms with Crippen molar-refractivity contribution in [2.24, 2.45) is 5.92 Å². The number of hydrogen-bond acceptors (Lipinski definition) is 4. The molecule has 0 aliphatic carbocycles. The molecule has 1 spiro atoms. The van der Waals surface area contributed by atoms with Crippen molar-refractivity contribution in [2.45, 2.75) is 50.7 Å². The van der Waals surface area contributed by atoms with Gasteiger partial charge >= 0.3 is 0 Å². The van der Waals surface area contributed by atoms with Crippen LogP contribution in [-0.4, -0.2) is 49.2 Å². The molecule has 0 saturated carbocycles. The summed E-state index contributed by atoms with van der Waals surface area (Å²) < 4.78 is 11.4. The van der Waals surface area contributed by atoms with Crippen molar-refractivity contribution in [3.8, 4) is 0 Å². The van der Waals surface area contributed by atoms with E-state index in [1.54, 1.807) is 0 Å². The predicted octanol–water partition coefficient (Wildman–Crippen LogP) is 1.32. The summed E-state index contributed by atoms with van der Waals surface area (Å²) in [6.45, 7) is 7.97. The molecule has 4 heteroatoms. The van der Waals surface area contributed by atoms with Crippen LogP contribution >= 0.6 is 0 Å². The lowest BCUT2D eigenvalue weighted by Crippen LogP contribution is -2.51. The van der Waals surface area contributed by atoms with Gasteiger partial charge in [0, 0.05) is 26.2 Å². The number of ether oxygens (including phenoxy) is 2. The monoisotopic (exact) mass is 257 g/mol. The Balaban J connectivity index is 1.90. The molecule has 0 bridgehead atoms. The fourth-order valence-electron chi connectivity index (χ4n) is 3.08. The van der Waals surface area contributed by atoms with Gasteiger partial charge in [0.2, 0.25) is 0 Å². The normalized spacial score (nSPS) is 35.8. The third kappa shape index (κ3) is 3.23. The van der Waals surface area contributed by atoms with Gasteiger partial charge in [-0.05, 0) is 38.6 Å². The van der Waals surface area contributed by atoms with Crippen LogP contribution in [0, 0.1) is 5.92 Å². The van der Waals surface area contributed by atoms with Gasteiger partial charge in [-0.2, -0.15) is 0 Å². The van der Waals surface area contributed by atoms with Crippen LogP contribution in [0.25, 0.3) is 0 Å². The molecule has 18 heavy (non-hydrogen) atoms. The van der Waals surface area contributed by atoms with Gasteiger partial charge in [0.1, 0.15) is 0 Å². The van der Waals surface area contributed by atoms with Crippen LogP contribution in [-0.2, 0) is 9.47 Å². The van der Waals surface area contributed by atoms with Gasteiger partial charge in [-0.25, -0.2) is 0 Å². The summed E-state index contributed by atoms with van der Waals surface area (Å²) in [5.74, 6) is 0.303. The molecule has 0 aromatic carbocycles. The van der Waals surface area contributed by atoms with Crippen molar-refractivity contribution in [3.05, 3.63) is 0 Å². The maximum Gasteiger partial charge on any atom is 0.0940 e. The fourth-order valence-corrected chi connectivity index (χ4v) is 3.08. The molecule has 0 aromatic heterocycles. The van der Waals surface area contributed by atoms with E-state index in [9.17, 15) is 5.11 Å². The van der Waals surface area contributed by atoms with E-state index in [2.05, 4.69) is 12.2 Å². The van der Waals surface area contributed by atoms with E-state index in [0.717, 1.165) is 45.4 Å². The van der Waals surface area contributed by atoms with E-state index in [1.807, 2.05) is 6.92 Å². The predicted molar refractivity (Wildman–Crippen MR) is 70.6 cm³/mol. The molecule has 2 heterocycles. The van der Waals surface area contributed by atoms with Gasteiger partial charge < -0.3 is 19.9 Å². The van der Waals surface area contributed by atoms with Crippen LogP contribution in [0.2, 0.25) is 0 Å². The Morgan fingerprint density at radius 2 is 2.28 bits per heavy atom. The van der Waals surface area contributed by atoms with Gasteiger partial charge in [0.05, 0.1) is 17.8 Å². The molecule has 4 nitrogen and oxygen atoms in total. The highest BCUT2D eigenvalue weighted by Crippen LogP contribution is 2.39. The van der Waals surface area contributed by atoms with E-state index in [0.29, 0.717) is 19.1 Å². The second kappa shape index (κ2) is 5.87. The molecule has 2 N–H and O–H groups in total. The average Bonchev–Trinajstić information content (AvgIpc) is 2.77. The zero-order valence-electron chi connectivity index (χ0n) is 11.7. The molecule has 3 unspecified atom stereocenters. The molecular weight excluding hydrogens is 230 g/mol. The first kappa shape index (κ1) is 14.3. The first-order valence-corrected chi connectivity index (χ1v) is 7.23. The molecule has 0 amide bonds. The molecule has 106 valence electrons. The second-order valence-corrected chi connectivity index (χ2v) is 6.06. The summed E-state index contributed by atoms with van der Waals surface area (Å²) in [6.07, 6.45) is 3.94. The van der Waals surface area contributed by atoms with Crippen molar-refractivity contribution in [1.29, 1.82) is 0 Å². The highest BCUT2D eigenvalue weighted by molar-refractivity contribution is 4.96. The minimum absolute atomic E-state index is 0.113. The van der Waals surface area contributed by atoms with Crippen molar-refractivity contribution in [1.82, 2.24) is 5.32 Å². The summed E-state index contributed by atoms with van der Waals surface area (Å²) in [7, 11) is 0. The summed E-state index contributed by atoms with van der Waals surface area (Å²) in [6, 6.07) is 0. The van der Waals surface area contributed by atoms with Crippen LogP contribution in [0.5, 0.6) is 0 Å². The van der Waals surface area contributed by atoms with E-state index in [-0.39, 0.29) is 5.60 Å². The topological polar surface area (TPSA) is 50.7 Å². The molecule has 3 atom stereocenters. The Labute approximate surface area is 110 Å². The minimum atomic E-state index is -0.644. The van der Waals surface area contributed by atoms with Gasteiger partial charge in [-0.15, -0.1) is 0 Å². The molecule has 2 rings (SSSR count). The second-order valence-electron chi connectivity index (χ2n) is 6.06. The van der Waals surface area contributed by atoms with Crippen molar-refractivity contribution in [2.75, 3.05) is 32.9 Å². The Morgan fingerprint density at radius 3 is 2.94 bits per heavy atom. The zero-order chi connectivity index (χ0) is 13.1. The summed E-state index contributed by atoms with van der Waals surface area (Å²) in [5.41, 5.74) is -0.758. The van der Waals surface area contributed by atoms with Crippen LogP contribution < -0.4 is 5.32 Å². The fraction of sp³-hybridized carbons (Fsp3) is 1.00.